The Labute approximate surface area is 279 Å². The number of thioether (sulfide) groups is 1. The number of amides is 1. The van der Waals surface area contributed by atoms with Gasteiger partial charge in [-0.25, -0.2) is 4.39 Å². The number of rotatable bonds is 9. The van der Waals surface area contributed by atoms with E-state index in [4.69, 9.17) is 19.4 Å². The van der Waals surface area contributed by atoms with Crippen LogP contribution in [0.25, 0.3) is 10.8 Å². The van der Waals surface area contributed by atoms with Crippen LogP contribution >= 0.6 is 11.8 Å². The van der Waals surface area contributed by atoms with Gasteiger partial charge in [-0.15, -0.1) is 11.8 Å². The summed E-state index contributed by atoms with van der Waals surface area (Å²) in [7, 11) is 2.15. The molecule has 0 saturated carbocycles. The molecular formula is C35H40FN7O3S. The monoisotopic (exact) mass is 657 g/mol. The fraction of sp³-hybridized carbons (Fsp3) is 0.486. The van der Waals surface area contributed by atoms with E-state index in [1.54, 1.807) is 0 Å². The normalized spacial score (nSPS) is 24.1. The van der Waals surface area contributed by atoms with Crippen molar-refractivity contribution < 1.29 is 18.7 Å². The number of likely N-dealkylation sites (N-methyl/N-ethyl adjacent to an activating group) is 1. The maximum Gasteiger partial charge on any atom is 0.318 e. The maximum atomic E-state index is 13.9. The van der Waals surface area contributed by atoms with Gasteiger partial charge < -0.3 is 24.2 Å². The molecule has 0 aliphatic carbocycles. The molecule has 4 aliphatic heterocycles. The number of carbonyl (C=O) groups excluding carboxylic acids is 1. The number of nitriles is 1. The van der Waals surface area contributed by atoms with Crippen molar-refractivity contribution in [1.82, 2.24) is 19.8 Å². The summed E-state index contributed by atoms with van der Waals surface area (Å²) in [6, 6.07) is 15.2. The summed E-state index contributed by atoms with van der Waals surface area (Å²) in [5, 5.41) is 12.3. The van der Waals surface area contributed by atoms with Crippen LogP contribution in [0.4, 0.5) is 15.9 Å². The lowest BCUT2D eigenvalue weighted by Gasteiger charge is -2.42. The number of anilines is 2. The van der Waals surface area contributed by atoms with E-state index in [0.29, 0.717) is 38.3 Å². The summed E-state index contributed by atoms with van der Waals surface area (Å²) in [5.74, 6) is -1.01. The molecule has 0 N–H and O–H groups in total. The lowest BCUT2D eigenvalue weighted by Crippen LogP contribution is -2.55. The molecule has 10 nitrogen and oxygen atoms in total. The molecule has 3 aromatic rings. The lowest BCUT2D eigenvalue weighted by molar-refractivity contribution is -0.131. The van der Waals surface area contributed by atoms with Crippen molar-refractivity contribution in [3.05, 3.63) is 65.6 Å². The van der Waals surface area contributed by atoms with Crippen molar-refractivity contribution in [3.8, 4) is 12.1 Å². The van der Waals surface area contributed by atoms with E-state index in [-0.39, 0.29) is 23.1 Å². The summed E-state index contributed by atoms with van der Waals surface area (Å²) >= 11 is 1.88. The fourth-order valence-electron chi connectivity index (χ4n) is 7.15. The van der Waals surface area contributed by atoms with Gasteiger partial charge in [-0.2, -0.15) is 15.2 Å². The van der Waals surface area contributed by atoms with E-state index < -0.39 is 17.8 Å². The molecule has 1 unspecified atom stereocenters. The number of nitrogens with zero attached hydrogens (tertiary/aromatic N) is 7. The van der Waals surface area contributed by atoms with E-state index >= 15 is 0 Å². The van der Waals surface area contributed by atoms with E-state index in [9.17, 15) is 14.4 Å². The van der Waals surface area contributed by atoms with E-state index in [2.05, 4.69) is 84.6 Å². The highest BCUT2D eigenvalue weighted by Gasteiger charge is 2.57. The van der Waals surface area contributed by atoms with Crippen LogP contribution in [-0.2, 0) is 22.5 Å². The largest absolute Gasteiger partial charge is 0.462 e. The zero-order chi connectivity index (χ0) is 32.9. The standard InChI is InChI=1S/C35H40FN7O3S/c1-22-7-5-8-24-9-6-10-29(31(22)24)41-14-12-27-28(18-41)38-34(46-21-30-35(3,47-30)40(4)26-19-45-20-26)39-32(27)42-15-16-43(33(44)23(2)36)25(17-42)11-13-37/h5-10,25-26,30H,2,11-12,14-21H2,1,3-4H3/t25-,30?,35-/m0/s1. The number of halogens is 1. The van der Waals surface area contributed by atoms with Gasteiger partial charge in [0.15, 0.2) is 5.83 Å². The summed E-state index contributed by atoms with van der Waals surface area (Å²) in [6.07, 6.45) is 0.804. The second-order valence-corrected chi connectivity index (χ2v) is 14.6. The third-order valence-corrected chi connectivity index (χ3v) is 11.9. The average Bonchev–Trinajstić information content (AvgIpc) is 3.72. The number of benzene rings is 2. The molecular weight excluding hydrogens is 617 g/mol. The van der Waals surface area contributed by atoms with Crippen molar-refractivity contribution >= 4 is 39.9 Å². The van der Waals surface area contributed by atoms with Crippen LogP contribution in [0, 0.1) is 18.3 Å². The Morgan fingerprint density at radius 3 is 2.72 bits per heavy atom. The number of hydrogen-bond acceptors (Lipinski definition) is 10. The number of piperazine rings is 1. The molecule has 0 radical (unpaired) electrons. The minimum absolute atomic E-state index is 0.0255. The van der Waals surface area contributed by atoms with Crippen molar-refractivity contribution in [2.45, 2.75) is 55.4 Å². The maximum absolute atomic E-state index is 13.9. The van der Waals surface area contributed by atoms with Gasteiger partial charge in [0.25, 0.3) is 5.91 Å². The summed E-state index contributed by atoms with van der Waals surface area (Å²) in [4.78, 5) is 30.8. The zero-order valence-electron chi connectivity index (χ0n) is 27.1. The fourth-order valence-corrected chi connectivity index (χ4v) is 8.35. The highest BCUT2D eigenvalue weighted by atomic mass is 32.2. The third-order valence-electron chi connectivity index (χ3n) is 10.2. The zero-order valence-corrected chi connectivity index (χ0v) is 27.9. The number of carbonyl (C=O) groups is 1. The smallest absolute Gasteiger partial charge is 0.318 e. The summed E-state index contributed by atoms with van der Waals surface area (Å²) in [5.41, 5.74) is 4.36. The Balaban J connectivity index is 1.19. The van der Waals surface area contributed by atoms with Crippen LogP contribution in [0.2, 0.25) is 0 Å². The highest BCUT2D eigenvalue weighted by molar-refractivity contribution is 8.08. The molecule has 7 rings (SSSR count). The van der Waals surface area contributed by atoms with E-state index in [1.807, 2.05) is 11.8 Å². The van der Waals surface area contributed by atoms with Gasteiger partial charge in [0, 0.05) is 42.8 Å². The Morgan fingerprint density at radius 2 is 2.00 bits per heavy atom. The van der Waals surface area contributed by atoms with Crippen molar-refractivity contribution in [1.29, 1.82) is 5.26 Å². The third kappa shape index (κ3) is 5.90. The lowest BCUT2D eigenvalue weighted by atomic mass is 9.99. The Morgan fingerprint density at radius 1 is 1.21 bits per heavy atom. The molecule has 3 atom stereocenters. The predicted octanol–water partition coefficient (Wildman–Crippen LogP) is 4.46. The Bertz CT molecular complexity index is 1760. The van der Waals surface area contributed by atoms with Gasteiger partial charge in [-0.3, -0.25) is 9.69 Å². The second kappa shape index (κ2) is 12.6. The van der Waals surface area contributed by atoms with Gasteiger partial charge in [0.1, 0.15) is 12.4 Å². The summed E-state index contributed by atoms with van der Waals surface area (Å²) in [6.45, 7) is 12.0. The van der Waals surface area contributed by atoms with Crippen LogP contribution in [0.3, 0.4) is 0 Å². The minimum Gasteiger partial charge on any atom is -0.462 e. The van der Waals surface area contributed by atoms with E-state index in [1.165, 1.54) is 26.9 Å². The first-order chi connectivity index (χ1) is 22.7. The van der Waals surface area contributed by atoms with Gasteiger partial charge in [-0.1, -0.05) is 36.9 Å². The average molecular weight is 658 g/mol. The van der Waals surface area contributed by atoms with Gasteiger partial charge in [0.05, 0.1) is 60.1 Å². The molecule has 5 heterocycles. The molecule has 3 fully saturated rings. The molecule has 246 valence electrons. The predicted molar refractivity (Wildman–Crippen MR) is 181 cm³/mol. The first-order valence-corrected chi connectivity index (χ1v) is 17.1. The minimum atomic E-state index is -1.01. The van der Waals surface area contributed by atoms with Gasteiger partial charge >= 0.3 is 6.01 Å². The second-order valence-electron chi connectivity index (χ2n) is 13.0. The molecule has 12 heteroatoms. The van der Waals surface area contributed by atoms with Gasteiger partial charge in [0.2, 0.25) is 0 Å². The quantitative estimate of drug-likeness (QED) is 0.243. The van der Waals surface area contributed by atoms with Crippen LogP contribution in [-0.4, -0.2) is 101 Å². The van der Waals surface area contributed by atoms with Crippen LogP contribution in [0.1, 0.15) is 30.2 Å². The first kappa shape index (κ1) is 31.7. The Hall–Kier alpha value is -3.92. The molecule has 0 spiro atoms. The van der Waals surface area contributed by atoms with E-state index in [0.717, 1.165) is 43.3 Å². The SMILES string of the molecule is C=C(F)C(=O)N1CCN(c2nc(OCC3S[C@]3(C)N(C)C3COC3)nc3c2CCN(c2cccc4cccc(C)c24)C3)C[C@@H]1CC#N. The van der Waals surface area contributed by atoms with Crippen LogP contribution in [0.5, 0.6) is 6.01 Å². The van der Waals surface area contributed by atoms with Crippen LogP contribution in [0.15, 0.2) is 48.8 Å². The topological polar surface area (TPSA) is 98.1 Å². The number of fused-ring (bicyclic) bond motifs is 2. The first-order valence-electron chi connectivity index (χ1n) is 16.2. The number of ether oxygens (including phenoxy) is 2. The Kier molecular flexibility index (Phi) is 8.49. The molecule has 0 bridgehead atoms. The summed E-state index contributed by atoms with van der Waals surface area (Å²) < 4.78 is 25.7. The highest BCUT2D eigenvalue weighted by Crippen LogP contribution is 2.56. The van der Waals surface area contributed by atoms with Crippen molar-refractivity contribution in [3.63, 3.8) is 0 Å². The van der Waals surface area contributed by atoms with Gasteiger partial charge in [-0.05, 0) is 44.3 Å². The molecule has 1 amide bonds. The molecule has 47 heavy (non-hydrogen) atoms. The molecule has 4 aliphatic rings. The molecule has 1 aromatic heterocycles. The van der Waals surface area contributed by atoms with Crippen molar-refractivity contribution in [2.75, 3.05) is 62.8 Å². The number of hydrogen-bond donors (Lipinski definition) is 0. The van der Waals surface area contributed by atoms with Crippen LogP contribution < -0.4 is 14.5 Å². The number of aromatic nitrogens is 2. The molecule has 3 saturated heterocycles. The van der Waals surface area contributed by atoms with Crippen molar-refractivity contribution in [2.24, 2.45) is 0 Å². The molecule has 2 aromatic carbocycles. The number of aryl methyl sites for hydroxylation is 1.